The summed E-state index contributed by atoms with van der Waals surface area (Å²) in [5.41, 5.74) is 5.59. The Morgan fingerprint density at radius 1 is 0.935 bits per heavy atom. The molecule has 0 N–H and O–H groups in total. The second-order valence-corrected chi connectivity index (χ2v) is 15.3. The van der Waals surface area contributed by atoms with Crippen LogP contribution in [0.1, 0.15) is 69.1 Å². The molecule has 31 heavy (non-hydrogen) atoms. The van der Waals surface area contributed by atoms with Crippen molar-refractivity contribution in [3.05, 3.63) is 65.4 Å². The summed E-state index contributed by atoms with van der Waals surface area (Å²) < 4.78 is 13.7. The number of methoxy groups -OCH3 is 1. The lowest BCUT2D eigenvalue weighted by Crippen LogP contribution is -2.51. The number of nitrogens with zero attached hydrogens (tertiary/aromatic N) is 1. The lowest BCUT2D eigenvalue weighted by Gasteiger charge is -2.44. The van der Waals surface area contributed by atoms with Crippen LogP contribution in [0.25, 0.3) is 10.9 Å². The van der Waals surface area contributed by atoms with Gasteiger partial charge in [-0.15, -0.1) is 0 Å². The van der Waals surface area contributed by atoms with Gasteiger partial charge in [-0.2, -0.15) is 0 Å². The van der Waals surface area contributed by atoms with Crippen molar-refractivity contribution in [2.75, 3.05) is 7.11 Å². The molecule has 0 amide bonds. The quantitative estimate of drug-likeness (QED) is 0.311. The SMILES string of the molecule is COc1ccc(C2OC(=O)c3cc4ccn([Si](C(C)C)(C(C)C)C(C)C)c4cc32)cc1. The van der Waals surface area contributed by atoms with Crippen molar-refractivity contribution in [2.45, 2.75) is 64.3 Å². The van der Waals surface area contributed by atoms with E-state index in [1.807, 2.05) is 30.3 Å². The van der Waals surface area contributed by atoms with Crippen LogP contribution in [0.4, 0.5) is 0 Å². The summed E-state index contributed by atoms with van der Waals surface area (Å²) >= 11 is 0. The van der Waals surface area contributed by atoms with Crippen molar-refractivity contribution in [2.24, 2.45) is 0 Å². The maximum Gasteiger partial charge on any atom is 0.339 e. The van der Waals surface area contributed by atoms with Gasteiger partial charge in [0.2, 0.25) is 0 Å². The molecule has 1 atom stereocenters. The molecule has 4 rings (SSSR count). The third-order valence-electron chi connectivity index (χ3n) is 7.20. The summed E-state index contributed by atoms with van der Waals surface area (Å²) in [6.45, 7) is 14.2. The monoisotopic (exact) mass is 435 g/mol. The van der Waals surface area contributed by atoms with Gasteiger partial charge < -0.3 is 13.7 Å². The Balaban J connectivity index is 1.91. The van der Waals surface area contributed by atoms with E-state index in [0.717, 1.165) is 22.3 Å². The van der Waals surface area contributed by atoms with Gasteiger partial charge in [-0.05, 0) is 64.1 Å². The first kappa shape index (κ1) is 21.7. The third-order valence-corrected chi connectivity index (χ3v) is 14.0. The molecule has 0 bridgehead atoms. The standard InChI is InChI=1S/C26H33NO3Si/c1-16(2)31(17(3)4,18(5)6)27-13-12-20-14-23-22(15-24(20)27)25(30-26(23)28)19-8-10-21(29-7)11-9-19/h8-18,25H,1-7H3. The number of benzene rings is 2. The number of hydrogen-bond donors (Lipinski definition) is 0. The molecule has 3 aromatic rings. The average Bonchev–Trinajstić information content (AvgIpc) is 3.28. The molecule has 0 radical (unpaired) electrons. The van der Waals surface area contributed by atoms with Gasteiger partial charge in [0.15, 0.2) is 14.3 Å². The Morgan fingerprint density at radius 3 is 2.10 bits per heavy atom. The number of fused-ring (bicyclic) bond motifs is 2. The van der Waals surface area contributed by atoms with Crippen LogP contribution in [0, 0.1) is 0 Å². The zero-order chi connectivity index (χ0) is 22.5. The average molecular weight is 436 g/mol. The van der Waals surface area contributed by atoms with Crippen molar-refractivity contribution in [1.82, 2.24) is 4.23 Å². The summed E-state index contributed by atoms with van der Waals surface area (Å²) in [5, 5.41) is 1.12. The van der Waals surface area contributed by atoms with Crippen LogP contribution in [0.5, 0.6) is 5.75 Å². The minimum atomic E-state index is -1.90. The van der Waals surface area contributed by atoms with Crippen LogP contribution in [0.3, 0.4) is 0 Å². The normalized spacial score (nSPS) is 16.5. The molecular weight excluding hydrogens is 402 g/mol. The number of carbonyl (C=O) groups is 1. The first-order chi connectivity index (χ1) is 14.7. The van der Waals surface area contributed by atoms with Crippen molar-refractivity contribution < 1.29 is 14.3 Å². The molecule has 1 aromatic heterocycles. The number of esters is 1. The van der Waals surface area contributed by atoms with E-state index in [1.165, 1.54) is 5.52 Å². The van der Waals surface area contributed by atoms with Crippen molar-refractivity contribution in [3.63, 3.8) is 0 Å². The Hall–Kier alpha value is -2.53. The fourth-order valence-corrected chi connectivity index (χ4v) is 12.6. The van der Waals surface area contributed by atoms with E-state index in [0.29, 0.717) is 22.2 Å². The molecule has 5 heteroatoms. The summed E-state index contributed by atoms with van der Waals surface area (Å²) in [6.07, 6.45) is 1.88. The number of rotatable bonds is 6. The molecule has 0 fully saturated rings. The first-order valence-corrected chi connectivity index (χ1v) is 13.4. The lowest BCUT2D eigenvalue weighted by atomic mass is 9.98. The molecule has 0 saturated heterocycles. The van der Waals surface area contributed by atoms with Gasteiger partial charge in [-0.1, -0.05) is 53.7 Å². The molecule has 2 aromatic carbocycles. The number of hydrogen-bond acceptors (Lipinski definition) is 3. The number of aromatic nitrogens is 1. The van der Waals surface area contributed by atoms with Gasteiger partial charge in [0, 0.05) is 11.1 Å². The van der Waals surface area contributed by atoms with Crippen LogP contribution >= 0.6 is 0 Å². The smallest absolute Gasteiger partial charge is 0.339 e. The zero-order valence-electron chi connectivity index (χ0n) is 19.6. The van der Waals surface area contributed by atoms with Crippen LogP contribution in [-0.4, -0.2) is 25.5 Å². The highest BCUT2D eigenvalue weighted by molar-refractivity contribution is 6.82. The maximum atomic E-state index is 12.7. The summed E-state index contributed by atoms with van der Waals surface area (Å²) in [4.78, 5) is 12.7. The van der Waals surface area contributed by atoms with Gasteiger partial charge in [-0.3, -0.25) is 0 Å². The second-order valence-electron chi connectivity index (χ2n) is 9.59. The van der Waals surface area contributed by atoms with Gasteiger partial charge in [0.05, 0.1) is 12.7 Å². The van der Waals surface area contributed by atoms with E-state index < -0.39 is 8.24 Å². The Labute approximate surface area is 186 Å². The van der Waals surface area contributed by atoms with Crippen LogP contribution < -0.4 is 4.74 Å². The van der Waals surface area contributed by atoms with Crippen molar-refractivity contribution in [3.8, 4) is 5.75 Å². The number of cyclic esters (lactones) is 1. The van der Waals surface area contributed by atoms with E-state index in [9.17, 15) is 4.79 Å². The van der Waals surface area contributed by atoms with Crippen molar-refractivity contribution >= 4 is 25.1 Å². The lowest BCUT2D eigenvalue weighted by molar-refractivity contribution is 0.0456. The van der Waals surface area contributed by atoms with E-state index in [1.54, 1.807) is 7.11 Å². The summed E-state index contributed by atoms with van der Waals surface area (Å²) in [5.74, 6) is 0.546. The Morgan fingerprint density at radius 2 is 1.55 bits per heavy atom. The minimum Gasteiger partial charge on any atom is -0.497 e. The first-order valence-electron chi connectivity index (χ1n) is 11.2. The van der Waals surface area contributed by atoms with Crippen LogP contribution in [-0.2, 0) is 4.74 Å². The summed E-state index contributed by atoms with van der Waals surface area (Å²) in [7, 11) is -0.253. The highest BCUT2D eigenvalue weighted by Gasteiger charge is 2.46. The fraction of sp³-hybridized carbons (Fsp3) is 0.423. The Kier molecular flexibility index (Phi) is 5.50. The van der Waals surface area contributed by atoms with Gasteiger partial charge >= 0.3 is 5.97 Å². The fourth-order valence-electron chi connectivity index (χ4n) is 6.02. The molecule has 4 nitrogen and oxygen atoms in total. The molecule has 0 saturated carbocycles. The van der Waals surface area contributed by atoms with Crippen LogP contribution in [0.2, 0.25) is 16.6 Å². The minimum absolute atomic E-state index is 0.245. The second kappa shape index (κ2) is 7.86. The molecular formula is C26H33NO3Si. The van der Waals surface area contributed by atoms with Gasteiger partial charge in [-0.25, -0.2) is 4.79 Å². The highest BCUT2D eigenvalue weighted by atomic mass is 28.3. The third kappa shape index (κ3) is 3.21. The van der Waals surface area contributed by atoms with E-state index in [2.05, 4.69) is 64.1 Å². The van der Waals surface area contributed by atoms with Gasteiger partial charge in [0.25, 0.3) is 0 Å². The van der Waals surface area contributed by atoms with E-state index in [4.69, 9.17) is 9.47 Å². The van der Waals surface area contributed by atoms with Gasteiger partial charge in [0.1, 0.15) is 5.75 Å². The largest absolute Gasteiger partial charge is 0.497 e. The topological polar surface area (TPSA) is 40.5 Å². The summed E-state index contributed by atoms with van der Waals surface area (Å²) in [6, 6.07) is 14.2. The molecule has 1 unspecified atom stereocenters. The predicted molar refractivity (Wildman–Crippen MR) is 129 cm³/mol. The van der Waals surface area contributed by atoms with Crippen molar-refractivity contribution in [1.29, 1.82) is 0 Å². The molecule has 1 aliphatic rings. The van der Waals surface area contributed by atoms with Crippen LogP contribution in [0.15, 0.2) is 48.7 Å². The molecule has 0 spiro atoms. The molecule has 164 valence electrons. The predicted octanol–water partition coefficient (Wildman–Crippen LogP) is 6.93. The highest BCUT2D eigenvalue weighted by Crippen LogP contribution is 2.46. The molecule has 2 heterocycles. The number of ether oxygens (including phenoxy) is 2. The maximum absolute atomic E-state index is 12.7. The Bertz CT molecular complexity index is 1090. The van der Waals surface area contributed by atoms with E-state index in [-0.39, 0.29) is 12.1 Å². The molecule has 0 aliphatic carbocycles. The molecule has 1 aliphatic heterocycles. The van der Waals surface area contributed by atoms with E-state index >= 15 is 0 Å². The zero-order valence-corrected chi connectivity index (χ0v) is 20.6. The number of carbonyl (C=O) groups excluding carboxylic acids is 1.